The number of nitrogens with zero attached hydrogens (tertiary/aromatic N) is 1. The zero-order valence-electron chi connectivity index (χ0n) is 23.5. The molecule has 3 aromatic heterocycles. The molecule has 2 nitrogen and oxygen atoms in total. The summed E-state index contributed by atoms with van der Waals surface area (Å²) in [6, 6.07) is 50.6. The van der Waals surface area contributed by atoms with Gasteiger partial charge in [0.1, 0.15) is 11.2 Å². The Hall–Kier alpha value is -5.16. The molecule has 0 saturated heterocycles. The smallest absolute Gasteiger partial charge is 0.135 e. The average molecular weight is 598 g/mol. The highest BCUT2D eigenvalue weighted by molar-refractivity contribution is 7.26. The van der Waals surface area contributed by atoms with Crippen molar-refractivity contribution in [1.29, 1.82) is 0 Å². The molecule has 0 unspecified atom stereocenters. The van der Waals surface area contributed by atoms with Crippen LogP contribution in [-0.4, -0.2) is 0 Å². The monoisotopic (exact) mass is 597 g/mol. The van der Waals surface area contributed by atoms with Gasteiger partial charge in [-0.3, -0.25) is 0 Å². The highest BCUT2D eigenvalue weighted by atomic mass is 32.1. The van der Waals surface area contributed by atoms with Crippen molar-refractivity contribution in [3.8, 4) is 0 Å². The first kappa shape index (κ1) is 24.3. The van der Waals surface area contributed by atoms with Gasteiger partial charge in [-0.15, -0.1) is 22.7 Å². The Morgan fingerprint density at radius 1 is 0.409 bits per heavy atom. The third-order valence-electron chi connectivity index (χ3n) is 8.83. The molecule has 0 N–H and O–H groups in total. The fourth-order valence-corrected chi connectivity index (χ4v) is 9.21. The summed E-state index contributed by atoms with van der Waals surface area (Å²) in [4.78, 5) is 2.48. The third-order valence-corrected chi connectivity index (χ3v) is 11.2. The maximum absolute atomic E-state index is 6.26. The van der Waals surface area contributed by atoms with Crippen molar-refractivity contribution in [2.75, 3.05) is 4.90 Å². The molecule has 0 atom stereocenters. The molecular weight excluding hydrogens is 575 g/mol. The minimum absolute atomic E-state index is 0.903. The molecule has 0 aliphatic rings. The maximum atomic E-state index is 6.26. The first-order valence-corrected chi connectivity index (χ1v) is 16.4. The van der Waals surface area contributed by atoms with Gasteiger partial charge in [-0.05, 0) is 60.0 Å². The van der Waals surface area contributed by atoms with E-state index < -0.39 is 0 Å². The van der Waals surface area contributed by atoms with Gasteiger partial charge in [-0.1, -0.05) is 84.9 Å². The fraction of sp³-hybridized carbons (Fsp3) is 0. The molecule has 10 rings (SSSR count). The largest absolute Gasteiger partial charge is 0.456 e. The van der Waals surface area contributed by atoms with Gasteiger partial charge in [0.05, 0.1) is 10.4 Å². The minimum atomic E-state index is 0.903. The van der Waals surface area contributed by atoms with E-state index in [1.54, 1.807) is 0 Å². The zero-order valence-corrected chi connectivity index (χ0v) is 25.1. The summed E-state index contributed by atoms with van der Waals surface area (Å²) in [7, 11) is 0. The van der Waals surface area contributed by atoms with Crippen LogP contribution in [0.4, 0.5) is 17.1 Å². The molecule has 44 heavy (non-hydrogen) atoms. The van der Waals surface area contributed by atoms with E-state index in [2.05, 4.69) is 132 Å². The lowest BCUT2D eigenvalue weighted by atomic mass is 10.0. The molecule has 10 aromatic rings. The highest BCUT2D eigenvalue weighted by Gasteiger charge is 2.23. The van der Waals surface area contributed by atoms with Crippen molar-refractivity contribution in [2.24, 2.45) is 0 Å². The SMILES string of the molecule is c1ccc2c(N(c3ccc4c(c3)sc3ccccc34)c3ccc4oc5ccccc5c4c3)c3sc4ccccc4c3cc2c1. The lowest BCUT2D eigenvalue weighted by Crippen LogP contribution is -2.10. The number of hydrogen-bond acceptors (Lipinski definition) is 4. The van der Waals surface area contributed by atoms with Crippen LogP contribution >= 0.6 is 22.7 Å². The standard InChI is InChI=1S/C40H23NOS2/c1-2-10-27-24(9-1)21-33-30-13-5-8-16-37(30)44-40(33)39(27)41(25-18-20-35-32(22-25)28-11-3-6-14-34(28)42-35)26-17-19-31-29-12-4-7-15-36(29)43-38(31)23-26/h1-23H. The number of furan rings is 1. The van der Waals surface area contributed by atoms with Crippen LogP contribution in [0.15, 0.2) is 144 Å². The van der Waals surface area contributed by atoms with Crippen molar-refractivity contribution in [1.82, 2.24) is 0 Å². The van der Waals surface area contributed by atoms with Crippen LogP contribution in [0.2, 0.25) is 0 Å². The Morgan fingerprint density at radius 3 is 1.89 bits per heavy atom. The summed E-state index contributed by atoms with van der Waals surface area (Å²) in [6.07, 6.45) is 0. The molecule has 3 heterocycles. The Morgan fingerprint density at radius 2 is 1.02 bits per heavy atom. The first-order chi connectivity index (χ1) is 21.8. The topological polar surface area (TPSA) is 16.4 Å². The number of benzene rings is 7. The lowest BCUT2D eigenvalue weighted by Gasteiger charge is -2.28. The summed E-state index contributed by atoms with van der Waals surface area (Å²) >= 11 is 3.74. The van der Waals surface area contributed by atoms with Crippen molar-refractivity contribution >= 4 is 113 Å². The van der Waals surface area contributed by atoms with E-state index in [1.807, 2.05) is 34.8 Å². The van der Waals surface area contributed by atoms with E-state index in [4.69, 9.17) is 4.42 Å². The van der Waals surface area contributed by atoms with Gasteiger partial charge < -0.3 is 9.32 Å². The van der Waals surface area contributed by atoms with Crippen molar-refractivity contribution < 1.29 is 4.42 Å². The summed E-state index contributed by atoms with van der Waals surface area (Å²) in [6.45, 7) is 0. The Balaban J connectivity index is 1.34. The van der Waals surface area contributed by atoms with Crippen LogP contribution in [0.3, 0.4) is 0 Å². The molecule has 0 aliphatic carbocycles. The Kier molecular flexibility index (Phi) is 5.06. The number of thiophene rings is 2. The second-order valence-electron chi connectivity index (χ2n) is 11.3. The van der Waals surface area contributed by atoms with E-state index >= 15 is 0 Å². The summed E-state index contributed by atoms with van der Waals surface area (Å²) < 4.78 is 11.4. The van der Waals surface area contributed by atoms with Gasteiger partial charge in [0, 0.05) is 63.2 Å². The number of rotatable bonds is 3. The fourth-order valence-electron chi connectivity index (χ4n) is 6.84. The summed E-state index contributed by atoms with van der Waals surface area (Å²) in [5, 5.41) is 9.94. The van der Waals surface area contributed by atoms with Gasteiger partial charge in [0.15, 0.2) is 0 Å². The molecule has 7 aromatic carbocycles. The van der Waals surface area contributed by atoms with Gasteiger partial charge in [-0.25, -0.2) is 0 Å². The Labute approximate surface area is 260 Å². The van der Waals surface area contributed by atoms with Crippen LogP contribution in [0.1, 0.15) is 0 Å². The normalized spacial score (nSPS) is 12.1. The molecule has 0 fully saturated rings. The minimum Gasteiger partial charge on any atom is -0.456 e. The molecule has 0 saturated carbocycles. The van der Waals surface area contributed by atoms with Gasteiger partial charge in [0.2, 0.25) is 0 Å². The molecule has 0 aliphatic heterocycles. The maximum Gasteiger partial charge on any atom is 0.135 e. The summed E-state index contributed by atoms with van der Waals surface area (Å²) in [5.41, 5.74) is 5.28. The zero-order chi connectivity index (χ0) is 28.8. The number of fused-ring (bicyclic) bond motifs is 10. The number of para-hydroxylation sites is 1. The van der Waals surface area contributed by atoms with Crippen LogP contribution in [0, 0.1) is 0 Å². The van der Waals surface area contributed by atoms with E-state index in [9.17, 15) is 0 Å². The lowest BCUT2D eigenvalue weighted by molar-refractivity contribution is 0.669. The van der Waals surface area contributed by atoms with E-state index in [-0.39, 0.29) is 0 Å². The highest BCUT2D eigenvalue weighted by Crippen LogP contribution is 2.50. The predicted octanol–water partition coefficient (Wildman–Crippen LogP) is 12.9. The van der Waals surface area contributed by atoms with Gasteiger partial charge >= 0.3 is 0 Å². The second-order valence-corrected chi connectivity index (χ2v) is 13.4. The van der Waals surface area contributed by atoms with Crippen molar-refractivity contribution in [3.05, 3.63) is 140 Å². The molecule has 0 amide bonds. The van der Waals surface area contributed by atoms with Crippen molar-refractivity contribution in [3.63, 3.8) is 0 Å². The van der Waals surface area contributed by atoms with E-state index in [0.717, 1.165) is 33.3 Å². The second kappa shape index (κ2) is 9.17. The third kappa shape index (κ3) is 3.47. The average Bonchev–Trinajstić information content (AvgIpc) is 3.75. The van der Waals surface area contributed by atoms with Crippen LogP contribution in [-0.2, 0) is 0 Å². The van der Waals surface area contributed by atoms with Gasteiger partial charge in [0.25, 0.3) is 0 Å². The first-order valence-electron chi connectivity index (χ1n) is 14.8. The molecule has 0 spiro atoms. The van der Waals surface area contributed by atoms with E-state index in [1.165, 1.54) is 56.8 Å². The van der Waals surface area contributed by atoms with Gasteiger partial charge in [-0.2, -0.15) is 0 Å². The molecule has 0 radical (unpaired) electrons. The molecule has 206 valence electrons. The molecule has 4 heteroatoms. The quantitative estimate of drug-likeness (QED) is 0.201. The molecule has 0 bridgehead atoms. The van der Waals surface area contributed by atoms with Crippen LogP contribution < -0.4 is 4.90 Å². The van der Waals surface area contributed by atoms with Crippen LogP contribution in [0.5, 0.6) is 0 Å². The predicted molar refractivity (Wildman–Crippen MR) is 192 cm³/mol. The number of anilines is 3. The summed E-state index contributed by atoms with van der Waals surface area (Å²) in [5.74, 6) is 0. The van der Waals surface area contributed by atoms with Crippen LogP contribution in [0.25, 0.3) is 73.1 Å². The number of hydrogen-bond donors (Lipinski definition) is 0. The molecular formula is C40H23NOS2. The van der Waals surface area contributed by atoms with E-state index in [0.29, 0.717) is 0 Å². The Bertz CT molecular complexity index is 2750. The van der Waals surface area contributed by atoms with Crippen molar-refractivity contribution in [2.45, 2.75) is 0 Å².